The zero-order chi connectivity index (χ0) is 22.4. The Balaban J connectivity index is 2.86. The molecular weight excluding hydrogens is 398 g/mol. The van der Waals surface area contributed by atoms with E-state index in [0.717, 1.165) is 6.26 Å². The maximum Gasteiger partial charge on any atom is 0.408 e. The van der Waals surface area contributed by atoms with Gasteiger partial charge in [0.25, 0.3) is 0 Å². The van der Waals surface area contributed by atoms with Gasteiger partial charge < -0.3 is 21.1 Å². The molecule has 0 saturated carbocycles. The summed E-state index contributed by atoms with van der Waals surface area (Å²) in [5, 5.41) is 5.19. The predicted molar refractivity (Wildman–Crippen MR) is 108 cm³/mol. The van der Waals surface area contributed by atoms with Crippen LogP contribution in [0.5, 0.6) is 0 Å². The highest BCUT2D eigenvalue weighted by Crippen LogP contribution is 2.17. The fourth-order valence-corrected chi connectivity index (χ4v) is 3.04. The fraction of sp³-hybridized carbons (Fsp3) is 0.526. The van der Waals surface area contributed by atoms with E-state index in [1.807, 2.05) is 0 Å². The minimum absolute atomic E-state index is 0.0140. The Hall–Kier alpha value is -2.62. The summed E-state index contributed by atoms with van der Waals surface area (Å²) in [5.41, 5.74) is 5.08. The van der Waals surface area contributed by atoms with Crippen molar-refractivity contribution in [2.75, 3.05) is 6.26 Å². The Labute approximate surface area is 171 Å². The van der Waals surface area contributed by atoms with Gasteiger partial charge in [0.1, 0.15) is 11.6 Å². The van der Waals surface area contributed by atoms with Crippen molar-refractivity contribution in [1.82, 2.24) is 10.6 Å². The van der Waals surface area contributed by atoms with Crippen molar-refractivity contribution in [2.45, 2.75) is 63.1 Å². The van der Waals surface area contributed by atoms with Crippen molar-refractivity contribution in [2.24, 2.45) is 5.73 Å². The number of carbonyl (C=O) groups excluding carboxylic acids is 3. The summed E-state index contributed by atoms with van der Waals surface area (Å²) in [6.45, 7) is 6.78. The lowest BCUT2D eigenvalue weighted by molar-refractivity contribution is -0.124. The van der Waals surface area contributed by atoms with Crippen molar-refractivity contribution < 1.29 is 27.5 Å². The molecule has 0 aromatic heterocycles. The van der Waals surface area contributed by atoms with Crippen LogP contribution in [-0.4, -0.2) is 44.2 Å². The van der Waals surface area contributed by atoms with Crippen molar-refractivity contribution >= 4 is 27.7 Å². The van der Waals surface area contributed by atoms with Crippen LogP contribution >= 0.6 is 0 Å². The molecule has 0 unspecified atom stereocenters. The average Bonchev–Trinajstić information content (AvgIpc) is 2.56. The fourth-order valence-electron chi connectivity index (χ4n) is 2.41. The normalized spacial score (nSPS) is 13.8. The van der Waals surface area contributed by atoms with Crippen LogP contribution in [-0.2, 0) is 24.2 Å². The van der Waals surface area contributed by atoms with Gasteiger partial charge in [-0.05, 0) is 51.8 Å². The molecule has 1 aromatic rings. The van der Waals surface area contributed by atoms with Gasteiger partial charge in [-0.3, -0.25) is 9.59 Å². The monoisotopic (exact) mass is 427 g/mol. The Morgan fingerprint density at radius 3 is 2.10 bits per heavy atom. The van der Waals surface area contributed by atoms with Gasteiger partial charge in [0, 0.05) is 12.7 Å². The molecule has 9 nitrogen and oxygen atoms in total. The molecule has 0 radical (unpaired) electrons. The van der Waals surface area contributed by atoms with Crippen molar-refractivity contribution in [1.29, 1.82) is 0 Å². The molecular formula is C19H29N3O6S. The van der Waals surface area contributed by atoms with Crippen LogP contribution in [0.1, 0.15) is 52.1 Å². The smallest absolute Gasteiger partial charge is 0.408 e. The molecule has 1 aromatic carbocycles. The van der Waals surface area contributed by atoms with Crippen LogP contribution in [0.4, 0.5) is 4.79 Å². The molecule has 2 atom stereocenters. The van der Waals surface area contributed by atoms with E-state index < -0.39 is 45.4 Å². The molecule has 0 heterocycles. The lowest BCUT2D eigenvalue weighted by Crippen LogP contribution is -2.49. The van der Waals surface area contributed by atoms with E-state index in [2.05, 4.69) is 10.6 Å². The van der Waals surface area contributed by atoms with Gasteiger partial charge in [-0.25, -0.2) is 13.2 Å². The highest BCUT2D eigenvalue weighted by molar-refractivity contribution is 7.90. The predicted octanol–water partition coefficient (Wildman–Crippen LogP) is 1.43. The first-order valence-electron chi connectivity index (χ1n) is 9.07. The molecule has 1 rings (SSSR count). The number of carbonyl (C=O) groups is 3. The molecule has 162 valence electrons. The number of nitrogens with one attached hydrogen (secondary N) is 2. The first-order chi connectivity index (χ1) is 13.2. The highest BCUT2D eigenvalue weighted by atomic mass is 32.2. The van der Waals surface area contributed by atoms with Gasteiger partial charge in [0.15, 0.2) is 9.84 Å². The van der Waals surface area contributed by atoms with E-state index in [4.69, 9.17) is 10.5 Å². The van der Waals surface area contributed by atoms with Gasteiger partial charge in [-0.2, -0.15) is 0 Å². The Bertz CT molecular complexity index is 844. The second-order valence-electron chi connectivity index (χ2n) is 7.78. The maximum atomic E-state index is 12.6. The summed E-state index contributed by atoms with van der Waals surface area (Å²) in [5.74, 6) is -1.12. The number of benzene rings is 1. The number of nitrogens with two attached hydrogens (primary N) is 1. The summed E-state index contributed by atoms with van der Waals surface area (Å²) in [6.07, 6.45) is 0.247. The second-order valence-corrected chi connectivity index (χ2v) is 9.79. The number of sulfone groups is 1. The molecule has 0 saturated heterocycles. The lowest BCUT2D eigenvalue weighted by atomic mass is 10.1. The molecule has 29 heavy (non-hydrogen) atoms. The summed E-state index contributed by atoms with van der Waals surface area (Å²) in [4.78, 5) is 35.9. The van der Waals surface area contributed by atoms with E-state index in [-0.39, 0.29) is 17.7 Å². The Morgan fingerprint density at radius 1 is 1.10 bits per heavy atom. The van der Waals surface area contributed by atoms with Crippen molar-refractivity contribution in [3.63, 3.8) is 0 Å². The molecule has 0 bridgehead atoms. The molecule has 0 aliphatic rings. The number of amides is 3. The summed E-state index contributed by atoms with van der Waals surface area (Å²) in [6, 6.07) is 4.62. The topological polar surface area (TPSA) is 145 Å². The van der Waals surface area contributed by atoms with E-state index in [0.29, 0.717) is 5.56 Å². The lowest BCUT2D eigenvalue weighted by Gasteiger charge is -2.24. The number of rotatable bonds is 8. The van der Waals surface area contributed by atoms with Crippen molar-refractivity contribution in [3.8, 4) is 0 Å². The van der Waals surface area contributed by atoms with Crippen LogP contribution in [0.2, 0.25) is 0 Å². The van der Waals surface area contributed by atoms with Gasteiger partial charge in [-0.1, -0.05) is 12.1 Å². The van der Waals surface area contributed by atoms with Gasteiger partial charge in [-0.15, -0.1) is 0 Å². The standard InChI is InChI=1S/C19H29N3O6S/c1-12(13-6-8-14(9-7-13)29(5,26)27)21-17(24)15(10-11-16(20)23)22-18(25)28-19(2,3)4/h6-9,12,15H,10-11H2,1-5H3,(H2,20,23)(H,21,24)(H,22,25)/t12-,15-/m0/s1. The van der Waals surface area contributed by atoms with Gasteiger partial charge >= 0.3 is 6.09 Å². The number of hydrogen-bond acceptors (Lipinski definition) is 6. The zero-order valence-electron chi connectivity index (χ0n) is 17.3. The molecule has 3 amide bonds. The number of alkyl carbamates (subject to hydrolysis) is 1. The average molecular weight is 428 g/mol. The van der Waals surface area contributed by atoms with E-state index in [1.54, 1.807) is 39.8 Å². The summed E-state index contributed by atoms with van der Waals surface area (Å²) < 4.78 is 28.3. The van der Waals surface area contributed by atoms with Gasteiger partial charge in [0.2, 0.25) is 11.8 Å². The number of ether oxygens (including phenoxy) is 1. The number of primary amides is 1. The van der Waals surface area contributed by atoms with E-state index in [9.17, 15) is 22.8 Å². The molecule has 0 aliphatic carbocycles. The van der Waals surface area contributed by atoms with Crippen LogP contribution < -0.4 is 16.4 Å². The molecule has 0 spiro atoms. The Kier molecular flexibility index (Phi) is 8.19. The maximum absolute atomic E-state index is 12.6. The first kappa shape index (κ1) is 24.4. The molecule has 0 fully saturated rings. The summed E-state index contributed by atoms with van der Waals surface area (Å²) in [7, 11) is -3.32. The third kappa shape index (κ3) is 8.95. The number of hydrogen-bond donors (Lipinski definition) is 3. The van der Waals surface area contributed by atoms with E-state index >= 15 is 0 Å². The first-order valence-corrected chi connectivity index (χ1v) is 11.0. The van der Waals surface area contributed by atoms with Crippen LogP contribution in [0.15, 0.2) is 29.2 Å². The minimum atomic E-state index is -3.32. The van der Waals surface area contributed by atoms with Crippen molar-refractivity contribution in [3.05, 3.63) is 29.8 Å². The SMILES string of the molecule is C[C@H](NC(=O)[C@H](CCC(N)=O)NC(=O)OC(C)(C)C)c1ccc(S(C)(=O)=O)cc1. The largest absolute Gasteiger partial charge is 0.444 e. The third-order valence-electron chi connectivity index (χ3n) is 3.85. The third-order valence-corrected chi connectivity index (χ3v) is 4.98. The van der Waals surface area contributed by atoms with Crippen LogP contribution in [0.25, 0.3) is 0 Å². The Morgan fingerprint density at radius 2 is 1.66 bits per heavy atom. The minimum Gasteiger partial charge on any atom is -0.444 e. The van der Waals surface area contributed by atoms with Crippen LogP contribution in [0.3, 0.4) is 0 Å². The second kappa shape index (κ2) is 9.73. The zero-order valence-corrected chi connectivity index (χ0v) is 18.1. The molecule has 4 N–H and O–H groups in total. The van der Waals surface area contributed by atoms with E-state index in [1.165, 1.54) is 12.1 Å². The highest BCUT2D eigenvalue weighted by Gasteiger charge is 2.26. The van der Waals surface area contributed by atoms with Crippen LogP contribution in [0, 0.1) is 0 Å². The molecule has 10 heteroatoms. The van der Waals surface area contributed by atoms with Gasteiger partial charge in [0.05, 0.1) is 10.9 Å². The quantitative estimate of drug-likeness (QED) is 0.572. The summed E-state index contributed by atoms with van der Waals surface area (Å²) >= 11 is 0. The molecule has 0 aliphatic heterocycles.